The van der Waals surface area contributed by atoms with E-state index in [-0.39, 0.29) is 11.5 Å². The van der Waals surface area contributed by atoms with Crippen molar-refractivity contribution in [3.05, 3.63) is 11.6 Å². The Kier molecular flexibility index (Phi) is 3.30. The molecule has 4 heteroatoms. The van der Waals surface area contributed by atoms with Gasteiger partial charge in [-0.3, -0.25) is 4.79 Å². The molecule has 0 atom stereocenters. The lowest BCUT2D eigenvalue weighted by molar-refractivity contribution is -0.134. The lowest BCUT2D eigenvalue weighted by Crippen LogP contribution is -2.20. The lowest BCUT2D eigenvalue weighted by atomic mass is 10.1. The Hall–Kier alpha value is -1.32. The van der Waals surface area contributed by atoms with Gasteiger partial charge < -0.3 is 10.8 Å². The quantitative estimate of drug-likeness (QED) is 0.347. The monoisotopic (exact) mass is 157 g/mol. The van der Waals surface area contributed by atoms with Crippen LogP contribution in [0.15, 0.2) is 11.6 Å². The fourth-order valence-corrected chi connectivity index (χ4v) is 0.592. The number of amides is 1. The smallest absolute Gasteiger partial charge is 0.340 e. The van der Waals surface area contributed by atoms with Gasteiger partial charge in [0.1, 0.15) is 5.57 Å². The Morgan fingerprint density at radius 3 is 2.00 bits per heavy atom. The summed E-state index contributed by atoms with van der Waals surface area (Å²) in [5, 5.41) is 8.42. The van der Waals surface area contributed by atoms with Gasteiger partial charge in [-0.25, -0.2) is 4.79 Å². The molecule has 0 fully saturated rings. The summed E-state index contributed by atoms with van der Waals surface area (Å²) < 4.78 is 0. The van der Waals surface area contributed by atoms with E-state index in [0.717, 1.165) is 0 Å². The number of carbonyl (C=O) groups excluding carboxylic acids is 1. The second kappa shape index (κ2) is 3.75. The Morgan fingerprint density at radius 1 is 1.45 bits per heavy atom. The Bertz CT molecular complexity index is 190. The number of hydrogen-bond donors (Lipinski definition) is 2. The Labute approximate surface area is 64.7 Å². The summed E-state index contributed by atoms with van der Waals surface area (Å²) in [4.78, 5) is 20.8. The summed E-state index contributed by atoms with van der Waals surface area (Å²) in [6, 6.07) is 0. The molecular weight excluding hydrogens is 146 g/mol. The van der Waals surface area contributed by atoms with Crippen LogP contribution in [0.3, 0.4) is 0 Å². The molecular formula is C7H11NO3. The molecule has 0 spiro atoms. The van der Waals surface area contributed by atoms with E-state index in [2.05, 4.69) is 0 Å². The molecule has 0 aliphatic carbocycles. The minimum absolute atomic E-state index is 0.00796. The zero-order valence-corrected chi connectivity index (χ0v) is 6.50. The number of carboxylic acid groups (broad SMARTS) is 1. The van der Waals surface area contributed by atoms with Gasteiger partial charge in [0.2, 0.25) is 0 Å². The largest absolute Gasteiger partial charge is 0.478 e. The summed E-state index contributed by atoms with van der Waals surface area (Å²) in [5.74, 6) is -2.16. The maximum Gasteiger partial charge on any atom is 0.340 e. The highest BCUT2D eigenvalue weighted by atomic mass is 16.4. The molecule has 0 radical (unpaired) electrons. The van der Waals surface area contributed by atoms with E-state index >= 15 is 0 Å². The molecule has 11 heavy (non-hydrogen) atoms. The highest BCUT2D eigenvalue weighted by molar-refractivity contribution is 6.14. The van der Waals surface area contributed by atoms with Gasteiger partial charge in [0.25, 0.3) is 5.91 Å². The van der Waals surface area contributed by atoms with Gasteiger partial charge in [0.15, 0.2) is 0 Å². The molecule has 0 saturated carbocycles. The Balaban J connectivity index is 4.60. The van der Waals surface area contributed by atoms with Crippen LogP contribution in [-0.4, -0.2) is 17.0 Å². The van der Waals surface area contributed by atoms with Crippen LogP contribution in [0, 0.1) is 5.92 Å². The highest BCUT2D eigenvalue weighted by Gasteiger charge is 2.13. The van der Waals surface area contributed by atoms with Crippen LogP contribution < -0.4 is 5.73 Å². The van der Waals surface area contributed by atoms with E-state index in [0.29, 0.717) is 0 Å². The van der Waals surface area contributed by atoms with Gasteiger partial charge >= 0.3 is 5.97 Å². The molecule has 62 valence electrons. The molecule has 0 heterocycles. The van der Waals surface area contributed by atoms with Gasteiger partial charge in [-0.1, -0.05) is 19.9 Å². The summed E-state index contributed by atoms with van der Waals surface area (Å²) in [7, 11) is 0. The van der Waals surface area contributed by atoms with Crippen molar-refractivity contribution in [3.8, 4) is 0 Å². The number of hydrogen-bond acceptors (Lipinski definition) is 2. The molecule has 0 aromatic rings. The van der Waals surface area contributed by atoms with E-state index in [1.807, 2.05) is 0 Å². The fraction of sp³-hybridized carbons (Fsp3) is 0.429. The third kappa shape index (κ3) is 3.40. The molecule has 0 aromatic heterocycles. The summed E-state index contributed by atoms with van der Waals surface area (Å²) in [5.41, 5.74) is 4.45. The number of carboxylic acids is 1. The minimum Gasteiger partial charge on any atom is -0.478 e. The molecule has 0 aromatic carbocycles. The zero-order chi connectivity index (χ0) is 9.02. The first-order valence-corrected chi connectivity index (χ1v) is 3.20. The van der Waals surface area contributed by atoms with Crippen LogP contribution in [0.1, 0.15) is 13.8 Å². The maximum absolute atomic E-state index is 10.4. The molecule has 4 nitrogen and oxygen atoms in total. The lowest BCUT2D eigenvalue weighted by Gasteiger charge is -1.98. The minimum atomic E-state index is -1.27. The van der Waals surface area contributed by atoms with Gasteiger partial charge in [-0.05, 0) is 5.92 Å². The van der Waals surface area contributed by atoms with Crippen LogP contribution >= 0.6 is 0 Å². The number of aliphatic carboxylic acids is 1. The Morgan fingerprint density at radius 2 is 1.91 bits per heavy atom. The molecule has 0 saturated heterocycles. The molecule has 0 bridgehead atoms. The van der Waals surface area contributed by atoms with Gasteiger partial charge in [0, 0.05) is 0 Å². The van der Waals surface area contributed by atoms with E-state index < -0.39 is 11.9 Å². The second-order valence-electron chi connectivity index (χ2n) is 2.49. The summed E-state index contributed by atoms with van der Waals surface area (Å²) >= 11 is 0. The molecule has 1 amide bonds. The van der Waals surface area contributed by atoms with E-state index in [1.165, 1.54) is 6.08 Å². The van der Waals surface area contributed by atoms with E-state index in [1.54, 1.807) is 13.8 Å². The predicted molar refractivity (Wildman–Crippen MR) is 39.8 cm³/mol. The van der Waals surface area contributed by atoms with Crippen LogP contribution in [0.4, 0.5) is 0 Å². The van der Waals surface area contributed by atoms with Crippen molar-refractivity contribution in [1.29, 1.82) is 0 Å². The fourth-order valence-electron chi connectivity index (χ4n) is 0.592. The number of primary amides is 1. The topological polar surface area (TPSA) is 80.4 Å². The zero-order valence-electron chi connectivity index (χ0n) is 6.50. The first kappa shape index (κ1) is 9.68. The molecule has 3 N–H and O–H groups in total. The van der Waals surface area contributed by atoms with Gasteiger partial charge in [-0.15, -0.1) is 0 Å². The molecule has 0 unspecified atom stereocenters. The molecule has 0 rings (SSSR count). The van der Waals surface area contributed by atoms with Gasteiger partial charge in [0.05, 0.1) is 0 Å². The highest BCUT2D eigenvalue weighted by Crippen LogP contribution is 2.01. The van der Waals surface area contributed by atoms with Crippen LogP contribution in [0.5, 0.6) is 0 Å². The number of allylic oxidation sites excluding steroid dienone is 1. The van der Waals surface area contributed by atoms with Crippen LogP contribution in [0.2, 0.25) is 0 Å². The average Bonchev–Trinajstić information content (AvgIpc) is 1.81. The van der Waals surface area contributed by atoms with Crippen molar-refractivity contribution in [2.75, 3.05) is 0 Å². The summed E-state index contributed by atoms with van der Waals surface area (Å²) in [6.45, 7) is 3.54. The molecule has 0 aliphatic rings. The van der Waals surface area contributed by atoms with Crippen LogP contribution in [-0.2, 0) is 9.59 Å². The van der Waals surface area contributed by atoms with Crippen molar-refractivity contribution in [3.63, 3.8) is 0 Å². The van der Waals surface area contributed by atoms with Crippen molar-refractivity contribution < 1.29 is 14.7 Å². The second-order valence-corrected chi connectivity index (χ2v) is 2.49. The van der Waals surface area contributed by atoms with Crippen LogP contribution in [0.25, 0.3) is 0 Å². The van der Waals surface area contributed by atoms with E-state index in [4.69, 9.17) is 10.8 Å². The van der Waals surface area contributed by atoms with Crippen molar-refractivity contribution >= 4 is 11.9 Å². The first-order chi connectivity index (χ1) is 4.95. The predicted octanol–water partition coefficient (Wildman–Crippen LogP) is 0.139. The van der Waals surface area contributed by atoms with Crippen molar-refractivity contribution in [1.82, 2.24) is 0 Å². The third-order valence-electron chi connectivity index (χ3n) is 0.996. The first-order valence-electron chi connectivity index (χ1n) is 3.20. The number of nitrogens with two attached hydrogens (primary N) is 1. The summed E-state index contributed by atoms with van der Waals surface area (Å²) in [6.07, 6.45) is 1.32. The number of carbonyl (C=O) groups is 2. The van der Waals surface area contributed by atoms with E-state index in [9.17, 15) is 9.59 Å². The normalized spacial score (nSPS) is 11.7. The van der Waals surface area contributed by atoms with Crippen molar-refractivity contribution in [2.24, 2.45) is 11.7 Å². The third-order valence-corrected chi connectivity index (χ3v) is 0.996. The molecule has 0 aliphatic heterocycles. The van der Waals surface area contributed by atoms with Gasteiger partial charge in [-0.2, -0.15) is 0 Å². The number of rotatable bonds is 3. The SMILES string of the molecule is CC(C)/C=C(\C(N)=O)C(=O)O. The van der Waals surface area contributed by atoms with Crippen molar-refractivity contribution in [2.45, 2.75) is 13.8 Å². The standard InChI is InChI=1S/C7H11NO3/c1-4(2)3-5(6(8)9)7(10)11/h3-4H,1-2H3,(H2,8,9)(H,10,11)/b5-3+. The maximum atomic E-state index is 10.4. The average molecular weight is 157 g/mol.